The van der Waals surface area contributed by atoms with Crippen LogP contribution in [-0.4, -0.2) is 19.9 Å². The Kier molecular flexibility index (Phi) is 4.80. The van der Waals surface area contributed by atoms with Gasteiger partial charge in [-0.25, -0.2) is 8.42 Å². The molecule has 2 aromatic rings. The third-order valence-electron chi connectivity index (χ3n) is 3.80. The van der Waals surface area contributed by atoms with Crippen LogP contribution in [0.15, 0.2) is 54.6 Å². The summed E-state index contributed by atoms with van der Waals surface area (Å²) in [6.07, 6.45) is 2.08. The first-order valence-corrected chi connectivity index (χ1v) is 8.90. The highest BCUT2D eigenvalue weighted by atomic mass is 32.2. The van der Waals surface area contributed by atoms with Gasteiger partial charge >= 0.3 is 0 Å². The highest BCUT2D eigenvalue weighted by molar-refractivity contribution is 7.91. The monoisotopic (exact) mass is 303 g/mol. The Balaban J connectivity index is 2.12. The van der Waals surface area contributed by atoms with Crippen LogP contribution in [0.3, 0.4) is 0 Å². The molecule has 0 spiro atoms. The molecule has 2 rings (SSSR count). The molecule has 0 aliphatic heterocycles. The minimum atomic E-state index is -3.13. The van der Waals surface area contributed by atoms with E-state index >= 15 is 0 Å². The Hall–Kier alpha value is -1.65. The van der Waals surface area contributed by atoms with Crippen molar-refractivity contribution in [3.63, 3.8) is 0 Å². The molecule has 0 saturated heterocycles. The Morgan fingerprint density at radius 3 is 2.00 bits per heavy atom. The summed E-state index contributed by atoms with van der Waals surface area (Å²) in [4.78, 5) is 0. The molecule has 0 saturated carbocycles. The summed E-state index contributed by atoms with van der Waals surface area (Å²) in [5.41, 5.74) is 9.33. The molecule has 112 valence electrons. The topological polar surface area (TPSA) is 60.2 Å². The molecule has 2 N–H and O–H groups in total. The first kappa shape index (κ1) is 15.7. The molecule has 4 heteroatoms. The van der Waals surface area contributed by atoms with Crippen LogP contribution in [0, 0.1) is 0 Å². The fraction of sp³-hybridized carbons (Fsp3) is 0.294. The van der Waals surface area contributed by atoms with Crippen LogP contribution in [-0.2, 0) is 16.3 Å². The molecular formula is C17H21NO2S. The molecule has 0 fully saturated rings. The van der Waals surface area contributed by atoms with E-state index in [1.54, 1.807) is 6.92 Å². The average Bonchev–Trinajstić information content (AvgIpc) is 2.46. The van der Waals surface area contributed by atoms with Crippen molar-refractivity contribution in [3.05, 3.63) is 71.3 Å². The maximum absolute atomic E-state index is 11.6. The number of hydrogen-bond donors (Lipinski definition) is 1. The molecule has 0 aliphatic carbocycles. The second kappa shape index (κ2) is 6.41. The molecule has 0 heterocycles. The lowest BCUT2D eigenvalue weighted by molar-refractivity contribution is 0.571. The Morgan fingerprint density at radius 1 is 0.952 bits per heavy atom. The quantitative estimate of drug-likeness (QED) is 0.924. The van der Waals surface area contributed by atoms with Crippen molar-refractivity contribution >= 4 is 9.84 Å². The molecule has 0 aliphatic rings. The number of sulfone groups is 1. The van der Waals surface area contributed by atoms with Gasteiger partial charge in [0.2, 0.25) is 0 Å². The number of hydrogen-bond acceptors (Lipinski definition) is 3. The molecule has 2 atom stereocenters. The van der Waals surface area contributed by atoms with E-state index in [1.807, 2.05) is 42.5 Å². The van der Waals surface area contributed by atoms with E-state index in [1.165, 1.54) is 17.4 Å². The van der Waals surface area contributed by atoms with Gasteiger partial charge in [-0.05, 0) is 30.0 Å². The minimum Gasteiger partial charge on any atom is -0.323 e. The van der Waals surface area contributed by atoms with Crippen molar-refractivity contribution in [2.45, 2.75) is 24.6 Å². The van der Waals surface area contributed by atoms with Crippen molar-refractivity contribution in [2.24, 2.45) is 5.73 Å². The summed E-state index contributed by atoms with van der Waals surface area (Å²) in [5.74, 6) is 0. The molecule has 0 bridgehead atoms. The van der Waals surface area contributed by atoms with Crippen molar-refractivity contribution < 1.29 is 8.42 Å². The van der Waals surface area contributed by atoms with E-state index in [0.717, 1.165) is 12.0 Å². The maximum atomic E-state index is 11.6. The molecule has 0 amide bonds. The summed E-state index contributed by atoms with van der Waals surface area (Å²) in [5, 5.41) is -0.586. The Labute approximate surface area is 126 Å². The lowest BCUT2D eigenvalue weighted by Crippen LogP contribution is -2.30. The largest absolute Gasteiger partial charge is 0.323 e. The van der Waals surface area contributed by atoms with Crippen LogP contribution in [0.25, 0.3) is 0 Å². The highest BCUT2D eigenvalue weighted by Gasteiger charge is 2.23. The van der Waals surface area contributed by atoms with Gasteiger partial charge in [0, 0.05) is 12.3 Å². The van der Waals surface area contributed by atoms with Crippen LogP contribution in [0.5, 0.6) is 0 Å². The summed E-state index contributed by atoms with van der Waals surface area (Å²) in [6, 6.07) is 17.6. The predicted molar refractivity (Wildman–Crippen MR) is 86.9 cm³/mol. The third kappa shape index (κ3) is 4.16. The molecule has 21 heavy (non-hydrogen) atoms. The van der Waals surface area contributed by atoms with Crippen molar-refractivity contribution in [1.29, 1.82) is 0 Å². The number of nitrogens with two attached hydrogens (primary N) is 1. The van der Waals surface area contributed by atoms with Gasteiger partial charge in [0.25, 0.3) is 0 Å². The fourth-order valence-electron chi connectivity index (χ4n) is 2.23. The van der Waals surface area contributed by atoms with Gasteiger partial charge in [-0.15, -0.1) is 0 Å². The van der Waals surface area contributed by atoms with Gasteiger partial charge in [-0.3, -0.25) is 0 Å². The van der Waals surface area contributed by atoms with E-state index in [0.29, 0.717) is 0 Å². The standard InChI is InChI=1S/C17H21NO2S/c1-13(21(2,19)20)17(18)16-10-8-15(9-11-16)12-14-6-4-3-5-7-14/h3-11,13,17H,12,18H2,1-2H3. The number of rotatable bonds is 5. The van der Waals surface area contributed by atoms with Crippen LogP contribution in [0.2, 0.25) is 0 Å². The van der Waals surface area contributed by atoms with Gasteiger partial charge in [0.05, 0.1) is 5.25 Å². The number of benzene rings is 2. The molecule has 0 radical (unpaired) electrons. The van der Waals surface area contributed by atoms with Crippen LogP contribution in [0.1, 0.15) is 29.7 Å². The van der Waals surface area contributed by atoms with E-state index in [2.05, 4.69) is 12.1 Å². The van der Waals surface area contributed by atoms with Gasteiger partial charge in [-0.1, -0.05) is 54.6 Å². The predicted octanol–water partition coefficient (Wildman–Crippen LogP) is 2.71. The molecule has 2 unspecified atom stereocenters. The van der Waals surface area contributed by atoms with Crippen LogP contribution < -0.4 is 5.73 Å². The van der Waals surface area contributed by atoms with Crippen LogP contribution >= 0.6 is 0 Å². The summed E-state index contributed by atoms with van der Waals surface area (Å²) in [6.45, 7) is 1.65. The molecule has 0 aromatic heterocycles. The summed E-state index contributed by atoms with van der Waals surface area (Å²) in [7, 11) is -3.13. The zero-order chi connectivity index (χ0) is 15.5. The fourth-order valence-corrected chi connectivity index (χ4v) is 2.92. The Morgan fingerprint density at radius 2 is 1.48 bits per heavy atom. The summed E-state index contributed by atoms with van der Waals surface area (Å²) < 4.78 is 23.1. The van der Waals surface area contributed by atoms with Gasteiger partial charge in [-0.2, -0.15) is 0 Å². The van der Waals surface area contributed by atoms with Crippen molar-refractivity contribution in [1.82, 2.24) is 0 Å². The van der Waals surface area contributed by atoms with Gasteiger partial charge in [0.15, 0.2) is 9.84 Å². The van der Waals surface area contributed by atoms with Crippen molar-refractivity contribution in [2.75, 3.05) is 6.26 Å². The minimum absolute atomic E-state index is 0.495. The lowest BCUT2D eigenvalue weighted by Gasteiger charge is -2.19. The van der Waals surface area contributed by atoms with Crippen LogP contribution in [0.4, 0.5) is 0 Å². The smallest absolute Gasteiger partial charge is 0.151 e. The zero-order valence-electron chi connectivity index (χ0n) is 12.4. The second-order valence-corrected chi connectivity index (χ2v) is 7.87. The normalized spacial score (nSPS) is 14.6. The first-order valence-electron chi connectivity index (χ1n) is 6.95. The first-order chi connectivity index (χ1) is 9.88. The SMILES string of the molecule is CC(C(N)c1ccc(Cc2ccccc2)cc1)S(C)(=O)=O. The van der Waals surface area contributed by atoms with E-state index < -0.39 is 21.1 Å². The summed E-state index contributed by atoms with van der Waals surface area (Å²) >= 11 is 0. The molecular weight excluding hydrogens is 282 g/mol. The highest BCUT2D eigenvalue weighted by Crippen LogP contribution is 2.20. The maximum Gasteiger partial charge on any atom is 0.151 e. The van der Waals surface area contributed by atoms with Crippen molar-refractivity contribution in [3.8, 4) is 0 Å². The van der Waals surface area contributed by atoms with E-state index in [-0.39, 0.29) is 0 Å². The molecule has 3 nitrogen and oxygen atoms in total. The third-order valence-corrected chi connectivity index (χ3v) is 5.44. The average molecular weight is 303 g/mol. The van der Waals surface area contributed by atoms with Gasteiger partial charge < -0.3 is 5.73 Å². The zero-order valence-corrected chi connectivity index (χ0v) is 13.2. The van der Waals surface area contributed by atoms with E-state index in [4.69, 9.17) is 5.73 Å². The van der Waals surface area contributed by atoms with E-state index in [9.17, 15) is 8.42 Å². The Bertz CT molecular complexity index is 678. The van der Waals surface area contributed by atoms with Gasteiger partial charge in [0.1, 0.15) is 0 Å². The second-order valence-electron chi connectivity index (χ2n) is 5.46. The molecule has 2 aromatic carbocycles. The lowest BCUT2D eigenvalue weighted by atomic mass is 10.00.